The predicted molar refractivity (Wildman–Crippen MR) is 131 cm³/mol. The third kappa shape index (κ3) is 23.5. The smallest absolute Gasteiger partial charge is 0.330 e. The molecule has 0 amide bonds. The Balaban J connectivity index is 0. The van der Waals surface area contributed by atoms with Crippen molar-refractivity contribution in [2.75, 3.05) is 26.4 Å². The van der Waals surface area contributed by atoms with Crippen molar-refractivity contribution in [3.63, 3.8) is 0 Å². The summed E-state index contributed by atoms with van der Waals surface area (Å²) in [6, 6.07) is 0. The van der Waals surface area contributed by atoms with E-state index in [4.69, 9.17) is 18.9 Å². The second-order valence-electron chi connectivity index (χ2n) is 8.01. The fourth-order valence-electron chi connectivity index (χ4n) is 2.24. The molecule has 0 aromatic carbocycles. The highest BCUT2D eigenvalue weighted by atomic mass is 16.5. The molecule has 0 aromatic heterocycles. The lowest BCUT2D eigenvalue weighted by Gasteiger charge is -2.22. The topological polar surface area (TPSA) is 105 Å². The molecule has 0 saturated carbocycles. The van der Waals surface area contributed by atoms with Gasteiger partial charge in [0.15, 0.2) is 0 Å². The average molecular weight is 481 g/mol. The number of esters is 4. The fraction of sp³-hybridized carbons (Fsp3) is 0.538. The monoisotopic (exact) mass is 480 g/mol. The molecule has 0 atom stereocenters. The normalized spacial score (nSPS) is 9.94. The number of carbonyl (C=O) groups excluding carboxylic acids is 4. The highest BCUT2D eigenvalue weighted by Crippen LogP contribution is 2.16. The minimum Gasteiger partial charge on any atom is -0.463 e. The van der Waals surface area contributed by atoms with E-state index >= 15 is 0 Å². The first kappa shape index (κ1) is 33.0. The zero-order chi connectivity index (χ0) is 26.2. The van der Waals surface area contributed by atoms with Gasteiger partial charge in [0.25, 0.3) is 0 Å². The molecule has 0 aliphatic heterocycles. The molecule has 0 fully saturated rings. The van der Waals surface area contributed by atoms with Crippen LogP contribution in [0, 0.1) is 5.41 Å². The van der Waals surface area contributed by atoms with Crippen LogP contribution in [0.2, 0.25) is 0 Å². The quantitative estimate of drug-likeness (QED) is 0.121. The van der Waals surface area contributed by atoms with Crippen LogP contribution in [0.1, 0.15) is 58.8 Å². The third-order valence-electron chi connectivity index (χ3n) is 4.15. The minimum absolute atomic E-state index is 0.169. The van der Waals surface area contributed by atoms with Crippen LogP contribution in [0.3, 0.4) is 0 Å². The largest absolute Gasteiger partial charge is 0.463 e. The van der Waals surface area contributed by atoms with Crippen LogP contribution in [0.4, 0.5) is 0 Å². The van der Waals surface area contributed by atoms with Crippen LogP contribution in [-0.2, 0) is 38.1 Å². The van der Waals surface area contributed by atoms with E-state index in [2.05, 4.69) is 26.3 Å². The Hall–Kier alpha value is -3.16. The molecule has 192 valence electrons. The van der Waals surface area contributed by atoms with Crippen molar-refractivity contribution in [2.24, 2.45) is 5.41 Å². The number of hydrogen-bond acceptors (Lipinski definition) is 8. The van der Waals surface area contributed by atoms with E-state index in [9.17, 15) is 19.2 Å². The summed E-state index contributed by atoms with van der Waals surface area (Å²) in [6.45, 7) is 18.1. The van der Waals surface area contributed by atoms with Gasteiger partial charge in [0.05, 0.1) is 26.4 Å². The fourth-order valence-corrected chi connectivity index (χ4v) is 2.24. The van der Waals surface area contributed by atoms with Gasteiger partial charge in [-0.3, -0.25) is 0 Å². The van der Waals surface area contributed by atoms with Crippen molar-refractivity contribution in [3.05, 3.63) is 50.6 Å². The summed E-state index contributed by atoms with van der Waals surface area (Å²) in [6.07, 6.45) is 11.9. The van der Waals surface area contributed by atoms with Crippen LogP contribution in [0.15, 0.2) is 50.6 Å². The Morgan fingerprint density at radius 1 is 0.529 bits per heavy atom. The van der Waals surface area contributed by atoms with E-state index < -0.39 is 17.4 Å². The highest BCUT2D eigenvalue weighted by Gasteiger charge is 2.21. The van der Waals surface area contributed by atoms with Gasteiger partial charge in [0, 0.05) is 29.7 Å². The molecule has 8 nitrogen and oxygen atoms in total. The highest BCUT2D eigenvalue weighted by molar-refractivity contribution is 5.82. The van der Waals surface area contributed by atoms with Crippen LogP contribution in [-0.4, -0.2) is 50.3 Å². The molecule has 0 heterocycles. The summed E-state index contributed by atoms with van der Waals surface area (Å²) in [7, 11) is 0. The third-order valence-corrected chi connectivity index (χ3v) is 4.15. The molecule has 34 heavy (non-hydrogen) atoms. The van der Waals surface area contributed by atoms with Crippen LogP contribution < -0.4 is 0 Å². The second kappa shape index (κ2) is 21.7. The van der Waals surface area contributed by atoms with Crippen molar-refractivity contribution in [3.8, 4) is 0 Å². The average Bonchev–Trinajstić information content (AvgIpc) is 2.84. The molecule has 0 aliphatic rings. The summed E-state index contributed by atoms with van der Waals surface area (Å²) < 4.78 is 19.4. The Labute approximate surface area is 203 Å². The molecule has 8 heteroatoms. The maximum atomic E-state index is 10.8. The van der Waals surface area contributed by atoms with Gasteiger partial charge in [-0.05, 0) is 12.8 Å². The minimum atomic E-state index is -0.488. The first-order valence-electron chi connectivity index (χ1n) is 11.3. The summed E-state index contributed by atoms with van der Waals surface area (Å²) >= 11 is 0. The number of carbonyl (C=O) groups is 4. The second-order valence-corrected chi connectivity index (χ2v) is 8.01. The van der Waals surface area contributed by atoms with Crippen molar-refractivity contribution in [2.45, 2.75) is 58.8 Å². The van der Waals surface area contributed by atoms with Gasteiger partial charge in [-0.1, -0.05) is 72.3 Å². The summed E-state index contributed by atoms with van der Waals surface area (Å²) in [4.78, 5) is 43.0. The maximum Gasteiger partial charge on any atom is 0.330 e. The molecular weight excluding hydrogens is 440 g/mol. The van der Waals surface area contributed by atoms with Gasteiger partial charge in [0.2, 0.25) is 0 Å². The lowest BCUT2D eigenvalue weighted by atomic mass is 9.96. The molecule has 0 aliphatic carbocycles. The Bertz CT molecular complexity index is 610. The predicted octanol–water partition coefficient (Wildman–Crippen LogP) is 4.65. The maximum absolute atomic E-state index is 10.8. The van der Waals surface area contributed by atoms with Gasteiger partial charge in [-0.2, -0.15) is 0 Å². The van der Waals surface area contributed by atoms with Crippen molar-refractivity contribution in [1.82, 2.24) is 0 Å². The molecule has 0 saturated heterocycles. The van der Waals surface area contributed by atoms with Crippen LogP contribution >= 0.6 is 0 Å². The van der Waals surface area contributed by atoms with Gasteiger partial charge in [-0.15, -0.1) is 0 Å². The lowest BCUT2D eigenvalue weighted by molar-refractivity contribution is -0.146. The molecule has 0 N–H and O–H groups in total. The zero-order valence-corrected chi connectivity index (χ0v) is 20.7. The van der Waals surface area contributed by atoms with Crippen molar-refractivity contribution in [1.29, 1.82) is 0 Å². The zero-order valence-electron chi connectivity index (χ0n) is 20.7. The number of rotatable bonds is 18. The molecular formula is C26H40O8. The Kier molecular flexibility index (Phi) is 21.0. The molecule has 0 aromatic rings. The lowest BCUT2D eigenvalue weighted by Crippen LogP contribution is -2.27. The van der Waals surface area contributed by atoms with Gasteiger partial charge >= 0.3 is 23.9 Å². The van der Waals surface area contributed by atoms with E-state index in [1.165, 1.54) is 12.2 Å². The molecule has 0 rings (SSSR count). The van der Waals surface area contributed by atoms with Crippen molar-refractivity contribution >= 4 is 23.9 Å². The van der Waals surface area contributed by atoms with Crippen LogP contribution in [0.25, 0.3) is 0 Å². The standard InChI is InChI=1S/C15H24O4.C11H16O4/c1-3-14(16)18-12-10-8-6-5-7-9-11-13-19-15(17)4-2;1-5-9(12)14-7-11(3,4)8-15-10(13)6-2/h3-4H,1-2,5-13H2;5-6H,1-2,7-8H2,3-4H3. The Morgan fingerprint density at radius 2 is 0.794 bits per heavy atom. The molecule has 0 radical (unpaired) electrons. The van der Waals surface area contributed by atoms with Crippen molar-refractivity contribution < 1.29 is 38.1 Å². The summed E-state index contributed by atoms with van der Waals surface area (Å²) in [5, 5.41) is 0. The molecule has 0 unspecified atom stereocenters. The summed E-state index contributed by atoms with van der Waals surface area (Å²) in [5.41, 5.74) is -0.419. The van der Waals surface area contributed by atoms with Gasteiger partial charge in [0.1, 0.15) is 0 Å². The van der Waals surface area contributed by atoms with E-state index in [0.717, 1.165) is 57.1 Å². The SMILES string of the molecule is C=CC(=O)OCC(C)(C)COC(=O)C=C.C=CC(=O)OCCCCCCCCCOC(=O)C=C. The number of ether oxygens (including phenoxy) is 4. The van der Waals surface area contributed by atoms with Gasteiger partial charge < -0.3 is 18.9 Å². The van der Waals surface area contributed by atoms with E-state index in [1.807, 2.05) is 13.8 Å². The van der Waals surface area contributed by atoms with Crippen LogP contribution in [0.5, 0.6) is 0 Å². The van der Waals surface area contributed by atoms with E-state index in [1.54, 1.807) is 0 Å². The molecule has 0 spiro atoms. The van der Waals surface area contributed by atoms with Gasteiger partial charge in [-0.25, -0.2) is 19.2 Å². The number of hydrogen-bond donors (Lipinski definition) is 0. The molecule has 0 bridgehead atoms. The first-order valence-corrected chi connectivity index (χ1v) is 11.3. The first-order chi connectivity index (χ1) is 16.1. The summed E-state index contributed by atoms with van der Waals surface area (Å²) in [5.74, 6) is -1.68. The Morgan fingerprint density at radius 3 is 1.09 bits per heavy atom. The number of unbranched alkanes of at least 4 members (excludes halogenated alkanes) is 6. The van der Waals surface area contributed by atoms with E-state index in [-0.39, 0.29) is 25.2 Å². The van der Waals surface area contributed by atoms with E-state index in [0.29, 0.717) is 13.2 Å².